The van der Waals surface area contributed by atoms with Gasteiger partial charge >= 0.3 is 6.03 Å². The maximum atomic E-state index is 12.6. The SMILES string of the molecule is O=C1CC[C@@H](C(=O)N2CCC(c3ccc(NC(=O)N4CC(c5cccnc5)C4)cc3)C2)N1. The van der Waals surface area contributed by atoms with Crippen LogP contribution in [-0.2, 0) is 9.59 Å². The summed E-state index contributed by atoms with van der Waals surface area (Å²) in [5.41, 5.74) is 3.10. The van der Waals surface area contributed by atoms with Gasteiger partial charge < -0.3 is 20.4 Å². The number of amides is 4. The third-order valence-corrected chi connectivity index (χ3v) is 6.75. The van der Waals surface area contributed by atoms with E-state index in [0.29, 0.717) is 44.9 Å². The summed E-state index contributed by atoms with van der Waals surface area (Å²) in [6.07, 6.45) is 5.55. The molecule has 0 saturated carbocycles. The van der Waals surface area contributed by atoms with Crippen molar-refractivity contribution in [1.82, 2.24) is 20.1 Å². The molecule has 1 unspecified atom stereocenters. The van der Waals surface area contributed by atoms with Gasteiger partial charge in [0.15, 0.2) is 0 Å². The fourth-order valence-corrected chi connectivity index (χ4v) is 4.77. The van der Waals surface area contributed by atoms with E-state index < -0.39 is 0 Å². The van der Waals surface area contributed by atoms with Crippen molar-refractivity contribution < 1.29 is 14.4 Å². The van der Waals surface area contributed by atoms with Crippen molar-refractivity contribution in [2.75, 3.05) is 31.5 Å². The van der Waals surface area contributed by atoms with Crippen molar-refractivity contribution in [3.63, 3.8) is 0 Å². The van der Waals surface area contributed by atoms with Crippen LogP contribution in [0.2, 0.25) is 0 Å². The quantitative estimate of drug-likeness (QED) is 0.774. The summed E-state index contributed by atoms with van der Waals surface area (Å²) in [6.45, 7) is 2.77. The second kappa shape index (κ2) is 8.61. The van der Waals surface area contributed by atoms with Gasteiger partial charge in [0.2, 0.25) is 11.8 Å². The number of pyridine rings is 1. The summed E-state index contributed by atoms with van der Waals surface area (Å²) < 4.78 is 0. The molecule has 1 aromatic heterocycles. The van der Waals surface area contributed by atoms with E-state index in [1.807, 2.05) is 47.5 Å². The Hall–Kier alpha value is -3.42. The highest BCUT2D eigenvalue weighted by Gasteiger charge is 2.35. The number of carbonyl (C=O) groups excluding carboxylic acids is 3. The summed E-state index contributed by atoms with van der Waals surface area (Å²) in [5, 5.41) is 5.73. The number of anilines is 1. The number of benzene rings is 1. The first-order valence-corrected chi connectivity index (χ1v) is 11.2. The lowest BCUT2D eigenvalue weighted by Crippen LogP contribution is -2.50. The molecule has 2 aromatic rings. The van der Waals surface area contributed by atoms with E-state index in [2.05, 4.69) is 15.6 Å². The van der Waals surface area contributed by atoms with E-state index in [0.717, 1.165) is 17.7 Å². The molecule has 2 atom stereocenters. The van der Waals surface area contributed by atoms with E-state index in [-0.39, 0.29) is 29.8 Å². The Bertz CT molecular complexity index is 1000. The molecule has 0 aliphatic carbocycles. The minimum Gasteiger partial charge on any atom is -0.344 e. The second-order valence-corrected chi connectivity index (χ2v) is 8.87. The van der Waals surface area contributed by atoms with Gasteiger partial charge in [-0.1, -0.05) is 18.2 Å². The van der Waals surface area contributed by atoms with Crippen LogP contribution in [0.3, 0.4) is 0 Å². The van der Waals surface area contributed by atoms with Crippen LogP contribution in [0.5, 0.6) is 0 Å². The highest BCUT2D eigenvalue weighted by atomic mass is 16.2. The number of rotatable bonds is 4. The Morgan fingerprint density at radius 2 is 1.75 bits per heavy atom. The maximum absolute atomic E-state index is 12.6. The van der Waals surface area contributed by atoms with Crippen molar-refractivity contribution in [2.45, 2.75) is 37.1 Å². The molecule has 5 rings (SSSR count). The van der Waals surface area contributed by atoms with E-state index in [1.165, 1.54) is 5.56 Å². The summed E-state index contributed by atoms with van der Waals surface area (Å²) >= 11 is 0. The molecule has 2 N–H and O–H groups in total. The monoisotopic (exact) mass is 433 g/mol. The van der Waals surface area contributed by atoms with Crippen molar-refractivity contribution >= 4 is 23.5 Å². The average molecular weight is 434 g/mol. The standard InChI is InChI=1S/C24H27N5O3/c30-22-8-7-21(27-22)23(31)28-11-9-18(13-28)16-3-5-20(6-4-16)26-24(32)29-14-19(15-29)17-2-1-10-25-12-17/h1-6,10,12,18-19,21H,7-9,11,13-15H2,(H,26,32)(H,27,30)/t18?,21-/m0/s1. The molecule has 3 fully saturated rings. The zero-order chi connectivity index (χ0) is 22.1. The molecule has 3 aliphatic heterocycles. The molecule has 3 aliphatic rings. The average Bonchev–Trinajstić information content (AvgIpc) is 3.43. The zero-order valence-corrected chi connectivity index (χ0v) is 17.9. The summed E-state index contributed by atoms with van der Waals surface area (Å²) in [4.78, 5) is 44.3. The molecule has 0 radical (unpaired) electrons. The van der Waals surface area contributed by atoms with Gasteiger partial charge in [0.25, 0.3) is 0 Å². The van der Waals surface area contributed by atoms with E-state index in [1.54, 1.807) is 11.1 Å². The molecule has 0 spiro atoms. The fraction of sp³-hybridized carbons (Fsp3) is 0.417. The summed E-state index contributed by atoms with van der Waals surface area (Å²) in [5.74, 6) is 0.614. The maximum Gasteiger partial charge on any atom is 0.321 e. The van der Waals surface area contributed by atoms with Crippen LogP contribution in [-0.4, -0.2) is 64.9 Å². The first-order chi connectivity index (χ1) is 15.6. The predicted molar refractivity (Wildman–Crippen MR) is 119 cm³/mol. The molecule has 166 valence electrons. The molecule has 1 aromatic carbocycles. The molecule has 4 amide bonds. The Morgan fingerprint density at radius 1 is 0.969 bits per heavy atom. The van der Waals surface area contributed by atoms with Gasteiger partial charge in [0, 0.05) is 62.5 Å². The smallest absolute Gasteiger partial charge is 0.321 e. The Balaban J connectivity index is 1.11. The number of nitrogens with one attached hydrogen (secondary N) is 2. The number of hydrogen-bond donors (Lipinski definition) is 2. The van der Waals surface area contributed by atoms with Gasteiger partial charge in [-0.2, -0.15) is 0 Å². The zero-order valence-electron chi connectivity index (χ0n) is 17.9. The number of nitrogens with zero attached hydrogens (tertiary/aromatic N) is 3. The molecule has 8 nitrogen and oxygen atoms in total. The summed E-state index contributed by atoms with van der Waals surface area (Å²) in [6, 6.07) is 11.4. The Kier molecular flexibility index (Phi) is 5.51. The van der Waals surface area contributed by atoms with Gasteiger partial charge in [-0.3, -0.25) is 14.6 Å². The van der Waals surface area contributed by atoms with Gasteiger partial charge in [0.1, 0.15) is 6.04 Å². The van der Waals surface area contributed by atoms with E-state index in [9.17, 15) is 14.4 Å². The number of likely N-dealkylation sites (tertiary alicyclic amines) is 2. The van der Waals surface area contributed by atoms with Crippen LogP contribution in [0.4, 0.5) is 10.5 Å². The number of hydrogen-bond acceptors (Lipinski definition) is 4. The Labute approximate surface area is 187 Å². The predicted octanol–water partition coefficient (Wildman–Crippen LogP) is 2.31. The number of urea groups is 1. The second-order valence-electron chi connectivity index (χ2n) is 8.87. The largest absolute Gasteiger partial charge is 0.344 e. The van der Waals surface area contributed by atoms with Crippen molar-refractivity contribution in [2.24, 2.45) is 0 Å². The third kappa shape index (κ3) is 4.17. The minimum atomic E-state index is -0.363. The first kappa shape index (κ1) is 20.5. The number of carbonyl (C=O) groups is 3. The highest BCUT2D eigenvalue weighted by Crippen LogP contribution is 2.30. The van der Waals surface area contributed by atoms with Crippen molar-refractivity contribution in [3.8, 4) is 0 Å². The topological polar surface area (TPSA) is 94.6 Å². The van der Waals surface area contributed by atoms with Crippen molar-refractivity contribution in [3.05, 3.63) is 59.9 Å². The van der Waals surface area contributed by atoms with Crippen LogP contribution in [0.25, 0.3) is 0 Å². The highest BCUT2D eigenvalue weighted by molar-refractivity contribution is 5.91. The normalized spacial score (nSPS) is 23.1. The van der Waals surface area contributed by atoms with E-state index >= 15 is 0 Å². The lowest BCUT2D eigenvalue weighted by molar-refractivity contribution is -0.133. The Morgan fingerprint density at radius 3 is 2.44 bits per heavy atom. The summed E-state index contributed by atoms with van der Waals surface area (Å²) in [7, 11) is 0. The van der Waals surface area contributed by atoms with Crippen LogP contribution < -0.4 is 10.6 Å². The van der Waals surface area contributed by atoms with Crippen LogP contribution >= 0.6 is 0 Å². The molecule has 0 bridgehead atoms. The van der Waals surface area contributed by atoms with Gasteiger partial charge in [-0.05, 0) is 42.2 Å². The molecule has 4 heterocycles. The van der Waals surface area contributed by atoms with Crippen LogP contribution in [0.1, 0.15) is 42.2 Å². The molecule has 8 heteroatoms. The van der Waals surface area contributed by atoms with Gasteiger partial charge in [-0.25, -0.2) is 4.79 Å². The van der Waals surface area contributed by atoms with Gasteiger partial charge in [0.05, 0.1) is 0 Å². The van der Waals surface area contributed by atoms with Crippen LogP contribution in [0, 0.1) is 0 Å². The fourth-order valence-electron chi connectivity index (χ4n) is 4.77. The third-order valence-electron chi connectivity index (χ3n) is 6.75. The lowest BCUT2D eigenvalue weighted by atomic mass is 9.93. The minimum absolute atomic E-state index is 0.0290. The molecular formula is C24H27N5O3. The lowest BCUT2D eigenvalue weighted by Gasteiger charge is -2.39. The first-order valence-electron chi connectivity index (χ1n) is 11.2. The van der Waals surface area contributed by atoms with E-state index in [4.69, 9.17) is 0 Å². The number of aromatic nitrogens is 1. The molecule has 32 heavy (non-hydrogen) atoms. The van der Waals surface area contributed by atoms with Gasteiger partial charge in [-0.15, -0.1) is 0 Å². The van der Waals surface area contributed by atoms with Crippen molar-refractivity contribution in [1.29, 1.82) is 0 Å². The molecule has 3 saturated heterocycles. The van der Waals surface area contributed by atoms with Crippen LogP contribution in [0.15, 0.2) is 48.8 Å². The molecular weight excluding hydrogens is 406 g/mol.